The van der Waals surface area contributed by atoms with Crippen LogP contribution in [-0.4, -0.2) is 58.2 Å². The molecule has 5 heteroatoms. The summed E-state index contributed by atoms with van der Waals surface area (Å²) in [6.07, 6.45) is -1.17. The Morgan fingerprint density at radius 2 is 1.36 bits per heavy atom. The third-order valence-corrected chi connectivity index (χ3v) is 3.24. The first kappa shape index (κ1) is 19.1. The van der Waals surface area contributed by atoms with E-state index >= 15 is 0 Å². The van der Waals surface area contributed by atoms with E-state index in [1.165, 1.54) is 5.56 Å². The van der Waals surface area contributed by atoms with Crippen molar-refractivity contribution in [1.82, 2.24) is 10.2 Å². The molecule has 1 aromatic rings. The molecule has 1 aromatic carbocycles. The lowest BCUT2D eigenvalue weighted by Gasteiger charge is -2.25. The van der Waals surface area contributed by atoms with Gasteiger partial charge in [-0.2, -0.15) is 0 Å². The van der Waals surface area contributed by atoms with Crippen LogP contribution in [0.4, 0.5) is 0 Å². The predicted molar refractivity (Wildman–Crippen MR) is 88.5 cm³/mol. The zero-order chi connectivity index (χ0) is 16.5. The molecule has 0 aliphatic rings. The molecule has 3 unspecified atom stereocenters. The molecular formula is C17H30N2O3. The minimum Gasteiger partial charge on any atom is -0.392 e. The van der Waals surface area contributed by atoms with E-state index in [0.29, 0.717) is 26.2 Å². The van der Waals surface area contributed by atoms with E-state index in [1.54, 1.807) is 20.8 Å². The molecule has 0 fully saturated rings. The van der Waals surface area contributed by atoms with E-state index in [9.17, 15) is 15.3 Å². The summed E-state index contributed by atoms with van der Waals surface area (Å²) >= 11 is 0. The molecule has 5 nitrogen and oxygen atoms in total. The third kappa shape index (κ3) is 8.46. The van der Waals surface area contributed by atoms with Gasteiger partial charge >= 0.3 is 0 Å². The molecule has 0 bridgehead atoms. The zero-order valence-electron chi connectivity index (χ0n) is 13.9. The number of nitrogens with one attached hydrogen (secondary N) is 1. The van der Waals surface area contributed by atoms with Crippen LogP contribution in [0.25, 0.3) is 0 Å². The van der Waals surface area contributed by atoms with Crippen LogP contribution in [0.2, 0.25) is 0 Å². The van der Waals surface area contributed by atoms with Crippen molar-refractivity contribution < 1.29 is 15.3 Å². The van der Waals surface area contributed by atoms with Gasteiger partial charge in [-0.05, 0) is 31.9 Å². The number of rotatable bonds is 10. The molecule has 1 rings (SSSR count). The van der Waals surface area contributed by atoms with Gasteiger partial charge in [0.05, 0.1) is 18.3 Å². The number of aliphatic hydroxyl groups excluding tert-OH is 3. The first-order chi connectivity index (χ1) is 10.4. The molecule has 0 spiro atoms. The van der Waals surface area contributed by atoms with Gasteiger partial charge in [0.2, 0.25) is 0 Å². The van der Waals surface area contributed by atoms with Crippen molar-refractivity contribution in [1.29, 1.82) is 0 Å². The molecule has 126 valence electrons. The SMILES string of the molecule is CC(O)CNCc1ccc(CN(CC(C)O)CC(C)O)cc1. The van der Waals surface area contributed by atoms with Gasteiger partial charge in [0, 0.05) is 32.7 Å². The molecule has 0 saturated carbocycles. The maximum Gasteiger partial charge on any atom is 0.0639 e. The summed E-state index contributed by atoms with van der Waals surface area (Å²) in [6.45, 7) is 8.38. The van der Waals surface area contributed by atoms with Gasteiger partial charge in [-0.3, -0.25) is 4.90 Å². The van der Waals surface area contributed by atoms with Crippen LogP contribution in [0.3, 0.4) is 0 Å². The highest BCUT2D eigenvalue weighted by Gasteiger charge is 2.11. The zero-order valence-corrected chi connectivity index (χ0v) is 13.9. The standard InChI is InChI=1S/C17H30N2O3/c1-13(20)8-18-9-16-4-6-17(7-5-16)12-19(10-14(2)21)11-15(3)22/h4-7,13-15,18,20-22H,8-12H2,1-3H3. The molecule has 0 amide bonds. The molecule has 0 heterocycles. The number of hydrogen-bond acceptors (Lipinski definition) is 5. The quantitative estimate of drug-likeness (QED) is 0.512. The van der Waals surface area contributed by atoms with Crippen molar-refractivity contribution in [3.63, 3.8) is 0 Å². The fraction of sp³-hybridized carbons (Fsp3) is 0.647. The summed E-state index contributed by atoms with van der Waals surface area (Å²) < 4.78 is 0. The number of hydrogen-bond donors (Lipinski definition) is 4. The fourth-order valence-electron chi connectivity index (χ4n) is 2.40. The highest BCUT2D eigenvalue weighted by atomic mass is 16.3. The Bertz CT molecular complexity index is 395. The smallest absolute Gasteiger partial charge is 0.0639 e. The lowest BCUT2D eigenvalue weighted by Crippen LogP contribution is -2.35. The van der Waals surface area contributed by atoms with Crippen LogP contribution in [0.5, 0.6) is 0 Å². The Morgan fingerprint density at radius 1 is 0.864 bits per heavy atom. The van der Waals surface area contributed by atoms with Gasteiger partial charge in [-0.15, -0.1) is 0 Å². The second-order valence-electron chi connectivity index (χ2n) is 6.19. The Kier molecular flexibility index (Phi) is 8.60. The Hall–Kier alpha value is -0.980. The van der Waals surface area contributed by atoms with Crippen LogP contribution < -0.4 is 5.32 Å². The van der Waals surface area contributed by atoms with Crippen molar-refractivity contribution >= 4 is 0 Å². The fourth-order valence-corrected chi connectivity index (χ4v) is 2.40. The van der Waals surface area contributed by atoms with E-state index < -0.39 is 12.2 Å². The van der Waals surface area contributed by atoms with Gasteiger partial charge < -0.3 is 20.6 Å². The molecule has 0 saturated heterocycles. The molecule has 0 aromatic heterocycles. The van der Waals surface area contributed by atoms with E-state index in [1.807, 2.05) is 0 Å². The van der Waals surface area contributed by atoms with E-state index in [-0.39, 0.29) is 6.10 Å². The number of aliphatic hydroxyl groups is 3. The van der Waals surface area contributed by atoms with Gasteiger partial charge in [0.25, 0.3) is 0 Å². The predicted octanol–water partition coefficient (Wildman–Crippen LogP) is 0.721. The van der Waals surface area contributed by atoms with Gasteiger partial charge in [-0.1, -0.05) is 24.3 Å². The average molecular weight is 310 g/mol. The first-order valence-corrected chi connectivity index (χ1v) is 7.92. The molecule has 3 atom stereocenters. The van der Waals surface area contributed by atoms with Crippen molar-refractivity contribution in [2.24, 2.45) is 0 Å². The molecule has 0 radical (unpaired) electrons. The monoisotopic (exact) mass is 310 g/mol. The normalized spacial score (nSPS) is 15.8. The summed E-state index contributed by atoms with van der Waals surface area (Å²) in [5.74, 6) is 0. The Balaban J connectivity index is 2.52. The average Bonchev–Trinajstić information content (AvgIpc) is 2.38. The minimum atomic E-state index is -0.414. The summed E-state index contributed by atoms with van der Waals surface area (Å²) in [6, 6.07) is 8.26. The maximum atomic E-state index is 9.55. The van der Waals surface area contributed by atoms with E-state index in [4.69, 9.17) is 0 Å². The first-order valence-electron chi connectivity index (χ1n) is 7.92. The van der Waals surface area contributed by atoms with Crippen molar-refractivity contribution in [3.05, 3.63) is 35.4 Å². The summed E-state index contributed by atoms with van der Waals surface area (Å²) in [5.41, 5.74) is 2.32. The van der Waals surface area contributed by atoms with E-state index in [0.717, 1.165) is 12.1 Å². The molecule has 0 aliphatic heterocycles. The van der Waals surface area contributed by atoms with Crippen LogP contribution >= 0.6 is 0 Å². The summed E-state index contributed by atoms with van der Waals surface area (Å²) in [4.78, 5) is 2.05. The Morgan fingerprint density at radius 3 is 1.82 bits per heavy atom. The molecule has 0 aliphatic carbocycles. The minimum absolute atomic E-state index is 0.339. The number of nitrogens with zero attached hydrogens (tertiary/aromatic N) is 1. The third-order valence-electron chi connectivity index (χ3n) is 3.24. The Labute approximate surface area is 133 Å². The molecule has 4 N–H and O–H groups in total. The summed E-state index contributed by atoms with van der Waals surface area (Å²) in [7, 11) is 0. The van der Waals surface area contributed by atoms with Gasteiger partial charge in [-0.25, -0.2) is 0 Å². The highest BCUT2D eigenvalue weighted by molar-refractivity contribution is 5.22. The van der Waals surface area contributed by atoms with Gasteiger partial charge in [0.1, 0.15) is 0 Å². The molecular weight excluding hydrogens is 280 g/mol. The van der Waals surface area contributed by atoms with Gasteiger partial charge in [0.15, 0.2) is 0 Å². The van der Waals surface area contributed by atoms with Crippen molar-refractivity contribution in [2.75, 3.05) is 19.6 Å². The highest BCUT2D eigenvalue weighted by Crippen LogP contribution is 2.09. The second-order valence-corrected chi connectivity index (χ2v) is 6.19. The molecule has 22 heavy (non-hydrogen) atoms. The van der Waals surface area contributed by atoms with Crippen molar-refractivity contribution in [3.8, 4) is 0 Å². The van der Waals surface area contributed by atoms with Crippen LogP contribution in [-0.2, 0) is 13.1 Å². The maximum absolute atomic E-state index is 9.55. The van der Waals surface area contributed by atoms with Crippen LogP contribution in [0.1, 0.15) is 31.9 Å². The number of benzene rings is 1. The van der Waals surface area contributed by atoms with Crippen molar-refractivity contribution in [2.45, 2.75) is 52.2 Å². The van der Waals surface area contributed by atoms with E-state index in [2.05, 4.69) is 34.5 Å². The lowest BCUT2D eigenvalue weighted by atomic mass is 10.1. The topological polar surface area (TPSA) is 76.0 Å². The lowest BCUT2D eigenvalue weighted by molar-refractivity contribution is 0.0794. The van der Waals surface area contributed by atoms with Crippen LogP contribution in [0, 0.1) is 0 Å². The largest absolute Gasteiger partial charge is 0.392 e. The second kappa shape index (κ2) is 9.92. The summed E-state index contributed by atoms with van der Waals surface area (Å²) in [5, 5.41) is 31.5. The van der Waals surface area contributed by atoms with Crippen LogP contribution in [0.15, 0.2) is 24.3 Å².